The highest BCUT2D eigenvalue weighted by Gasteiger charge is 2.24. The van der Waals surface area contributed by atoms with Gasteiger partial charge < -0.3 is 15.5 Å². The molecule has 0 radical (unpaired) electrons. The van der Waals surface area contributed by atoms with Gasteiger partial charge in [0.25, 0.3) is 0 Å². The molecule has 7 heteroatoms. The fraction of sp³-hybridized carbons (Fsp3) is 0.571. The van der Waals surface area contributed by atoms with E-state index in [1.807, 2.05) is 12.1 Å². The molecule has 1 unspecified atom stereocenters. The van der Waals surface area contributed by atoms with Gasteiger partial charge in [0.15, 0.2) is 11.6 Å². The van der Waals surface area contributed by atoms with E-state index in [-0.39, 0.29) is 13.1 Å². The van der Waals surface area contributed by atoms with Gasteiger partial charge in [-0.15, -0.1) is 0 Å². The second-order valence-electron chi connectivity index (χ2n) is 5.15. The van der Waals surface area contributed by atoms with E-state index in [1.54, 1.807) is 4.90 Å². The van der Waals surface area contributed by atoms with Gasteiger partial charge in [0.1, 0.15) is 25.1 Å². The van der Waals surface area contributed by atoms with Crippen LogP contribution in [0.2, 0.25) is 0 Å². The lowest BCUT2D eigenvalue weighted by Crippen LogP contribution is -2.39. The highest BCUT2D eigenvalue weighted by atomic mass is 15.3. The first kappa shape index (κ1) is 14.9. The summed E-state index contributed by atoms with van der Waals surface area (Å²) in [6.45, 7) is 3.22. The maximum atomic E-state index is 8.88. The minimum absolute atomic E-state index is 0.0732. The van der Waals surface area contributed by atoms with E-state index in [2.05, 4.69) is 21.8 Å². The molecule has 2 rings (SSSR count). The Kier molecular flexibility index (Phi) is 4.78. The first-order valence-electron chi connectivity index (χ1n) is 7.05. The van der Waals surface area contributed by atoms with Crippen molar-refractivity contribution >= 4 is 17.3 Å². The number of piperidine rings is 1. The van der Waals surface area contributed by atoms with E-state index >= 15 is 0 Å². The molecule has 7 nitrogen and oxygen atoms in total. The van der Waals surface area contributed by atoms with Gasteiger partial charge in [-0.25, -0.2) is 9.97 Å². The van der Waals surface area contributed by atoms with Crippen LogP contribution in [0.4, 0.5) is 17.3 Å². The average molecular weight is 285 g/mol. The maximum absolute atomic E-state index is 8.88. The molecule has 1 aromatic rings. The molecule has 2 N–H and O–H groups in total. The van der Waals surface area contributed by atoms with Crippen LogP contribution in [-0.2, 0) is 0 Å². The topological polar surface area (TPSA) is 106 Å². The van der Waals surface area contributed by atoms with Crippen LogP contribution in [0.1, 0.15) is 26.2 Å². The molecule has 21 heavy (non-hydrogen) atoms. The van der Waals surface area contributed by atoms with Crippen molar-refractivity contribution in [3.05, 3.63) is 6.33 Å². The van der Waals surface area contributed by atoms with Crippen LogP contribution in [0.25, 0.3) is 0 Å². The fourth-order valence-corrected chi connectivity index (χ4v) is 2.65. The quantitative estimate of drug-likeness (QED) is 0.831. The Balaban J connectivity index is 2.35. The standard InChI is InChI=1S/C14H19N7/c1-11-4-2-3-7-21(11)14-12(17)13(18-10-19-14)20(8-5-15)9-6-16/h10-11H,2-4,7-9,17H2,1H3. The zero-order valence-electron chi connectivity index (χ0n) is 12.2. The summed E-state index contributed by atoms with van der Waals surface area (Å²) in [7, 11) is 0. The van der Waals surface area contributed by atoms with Crippen LogP contribution in [0, 0.1) is 22.7 Å². The van der Waals surface area contributed by atoms with E-state index in [0.717, 1.165) is 19.4 Å². The van der Waals surface area contributed by atoms with Crippen LogP contribution < -0.4 is 15.5 Å². The van der Waals surface area contributed by atoms with E-state index in [1.165, 1.54) is 12.7 Å². The molecule has 1 aromatic heterocycles. The summed E-state index contributed by atoms with van der Waals surface area (Å²) in [5, 5.41) is 17.8. The fourth-order valence-electron chi connectivity index (χ4n) is 2.65. The number of hydrogen-bond acceptors (Lipinski definition) is 7. The number of nitrogen functional groups attached to an aromatic ring is 1. The van der Waals surface area contributed by atoms with E-state index in [4.69, 9.17) is 16.3 Å². The van der Waals surface area contributed by atoms with E-state index in [0.29, 0.717) is 23.4 Å². The van der Waals surface area contributed by atoms with Crippen molar-refractivity contribution in [2.75, 3.05) is 35.2 Å². The third-order valence-corrected chi connectivity index (χ3v) is 3.74. The number of anilines is 3. The van der Waals surface area contributed by atoms with Gasteiger partial charge in [-0.1, -0.05) is 0 Å². The number of nitrogens with two attached hydrogens (primary N) is 1. The first-order valence-corrected chi connectivity index (χ1v) is 7.05. The average Bonchev–Trinajstić information content (AvgIpc) is 2.48. The summed E-state index contributed by atoms with van der Waals surface area (Å²) < 4.78 is 0. The van der Waals surface area contributed by atoms with E-state index < -0.39 is 0 Å². The summed E-state index contributed by atoms with van der Waals surface area (Å²) in [5.41, 5.74) is 6.65. The maximum Gasteiger partial charge on any atom is 0.159 e. The second-order valence-corrected chi connectivity index (χ2v) is 5.15. The zero-order valence-corrected chi connectivity index (χ0v) is 12.2. The van der Waals surface area contributed by atoms with Crippen molar-refractivity contribution in [2.24, 2.45) is 0 Å². The summed E-state index contributed by atoms with van der Waals surface area (Å²) in [6, 6.07) is 4.44. The molecule has 1 saturated heterocycles. The van der Waals surface area contributed by atoms with Gasteiger partial charge in [0, 0.05) is 12.6 Å². The van der Waals surface area contributed by atoms with Crippen molar-refractivity contribution in [1.29, 1.82) is 10.5 Å². The highest BCUT2D eigenvalue weighted by molar-refractivity contribution is 5.76. The van der Waals surface area contributed by atoms with Gasteiger partial charge in [-0.3, -0.25) is 0 Å². The molecule has 1 atom stereocenters. The van der Waals surface area contributed by atoms with Crippen LogP contribution in [0.3, 0.4) is 0 Å². The second kappa shape index (κ2) is 6.76. The molecule has 0 spiro atoms. The Labute approximate surface area is 124 Å². The minimum atomic E-state index is 0.0732. The number of nitrogens with zero attached hydrogens (tertiary/aromatic N) is 6. The van der Waals surface area contributed by atoms with Crippen LogP contribution in [-0.4, -0.2) is 35.6 Å². The van der Waals surface area contributed by atoms with Crippen molar-refractivity contribution < 1.29 is 0 Å². The number of rotatable bonds is 4. The Hall–Kier alpha value is -2.54. The van der Waals surface area contributed by atoms with E-state index in [9.17, 15) is 0 Å². The van der Waals surface area contributed by atoms with Gasteiger partial charge in [-0.05, 0) is 26.2 Å². The summed E-state index contributed by atoms with van der Waals surface area (Å²) in [6.07, 6.45) is 4.89. The molecular formula is C14H19N7. The molecule has 1 aliphatic heterocycles. The molecule has 0 aromatic carbocycles. The molecule has 110 valence electrons. The lowest BCUT2D eigenvalue weighted by molar-refractivity contribution is 0.481. The largest absolute Gasteiger partial charge is 0.393 e. The van der Waals surface area contributed by atoms with Gasteiger partial charge >= 0.3 is 0 Å². The van der Waals surface area contributed by atoms with Crippen molar-refractivity contribution in [2.45, 2.75) is 32.2 Å². The summed E-state index contributed by atoms with van der Waals surface area (Å²) >= 11 is 0. The van der Waals surface area contributed by atoms with Gasteiger partial charge in [0.05, 0.1) is 12.1 Å². The molecule has 1 fully saturated rings. The van der Waals surface area contributed by atoms with Crippen LogP contribution in [0.15, 0.2) is 6.33 Å². The molecule has 1 aliphatic rings. The molecular weight excluding hydrogens is 266 g/mol. The molecule has 0 aliphatic carbocycles. The molecule has 0 bridgehead atoms. The Morgan fingerprint density at radius 3 is 2.67 bits per heavy atom. The van der Waals surface area contributed by atoms with Crippen molar-refractivity contribution in [1.82, 2.24) is 9.97 Å². The van der Waals surface area contributed by atoms with Crippen molar-refractivity contribution in [3.63, 3.8) is 0 Å². The first-order chi connectivity index (χ1) is 10.2. The van der Waals surface area contributed by atoms with Crippen molar-refractivity contribution in [3.8, 4) is 12.1 Å². The smallest absolute Gasteiger partial charge is 0.159 e. The predicted molar refractivity (Wildman–Crippen MR) is 80.5 cm³/mol. The Morgan fingerprint density at radius 1 is 1.33 bits per heavy atom. The highest BCUT2D eigenvalue weighted by Crippen LogP contribution is 2.32. The SMILES string of the molecule is CC1CCCCN1c1ncnc(N(CC#N)CC#N)c1N. The Bertz CT molecular complexity index is 556. The predicted octanol–water partition coefficient (Wildman–Crippen LogP) is 1.29. The monoisotopic (exact) mass is 285 g/mol. The zero-order chi connectivity index (χ0) is 15.2. The van der Waals surface area contributed by atoms with Gasteiger partial charge in [0.2, 0.25) is 0 Å². The summed E-state index contributed by atoms with van der Waals surface area (Å²) in [4.78, 5) is 12.2. The molecule has 0 saturated carbocycles. The third kappa shape index (κ3) is 3.14. The van der Waals surface area contributed by atoms with Crippen LogP contribution >= 0.6 is 0 Å². The lowest BCUT2D eigenvalue weighted by atomic mass is 10.0. The third-order valence-electron chi connectivity index (χ3n) is 3.74. The Morgan fingerprint density at radius 2 is 2.05 bits per heavy atom. The normalized spacial score (nSPS) is 17.9. The minimum Gasteiger partial charge on any atom is -0.393 e. The van der Waals surface area contributed by atoms with Crippen LogP contribution in [0.5, 0.6) is 0 Å². The van der Waals surface area contributed by atoms with Gasteiger partial charge in [-0.2, -0.15) is 10.5 Å². The number of hydrogen-bond donors (Lipinski definition) is 1. The molecule has 0 amide bonds. The number of aromatic nitrogens is 2. The number of nitriles is 2. The lowest BCUT2D eigenvalue weighted by Gasteiger charge is -2.35. The summed E-state index contributed by atoms with van der Waals surface area (Å²) in [5.74, 6) is 1.16. The molecule has 2 heterocycles.